The van der Waals surface area contributed by atoms with Gasteiger partial charge in [-0.3, -0.25) is 14.6 Å². The van der Waals surface area contributed by atoms with Gasteiger partial charge in [0.25, 0.3) is 11.8 Å². The summed E-state index contributed by atoms with van der Waals surface area (Å²) in [7, 11) is 1.58. The van der Waals surface area contributed by atoms with E-state index in [1.165, 1.54) is 18.6 Å². The molecular weight excluding hydrogens is 376 g/mol. The number of carbonyl (C=O) groups excluding carboxylic acids is 2. The molecule has 7 nitrogen and oxygen atoms in total. The van der Waals surface area contributed by atoms with E-state index in [-0.39, 0.29) is 12.5 Å². The van der Waals surface area contributed by atoms with E-state index in [2.05, 4.69) is 36.8 Å². The van der Waals surface area contributed by atoms with Crippen LogP contribution in [-0.4, -0.2) is 36.7 Å². The molecule has 124 valence electrons. The fourth-order valence-corrected chi connectivity index (χ4v) is 2.31. The van der Waals surface area contributed by atoms with Crippen molar-refractivity contribution in [2.75, 3.05) is 13.7 Å². The molecule has 0 atom stereocenters. The monoisotopic (exact) mass is 390 g/mol. The lowest BCUT2D eigenvalue weighted by Gasteiger charge is -2.04. The highest BCUT2D eigenvalue weighted by Crippen LogP contribution is 2.24. The summed E-state index contributed by atoms with van der Waals surface area (Å²) in [6, 6.07) is 8.51. The molecule has 0 saturated heterocycles. The maximum absolute atomic E-state index is 11.8. The summed E-state index contributed by atoms with van der Waals surface area (Å²) in [5.41, 5.74) is 3.56. The first-order valence-electron chi connectivity index (χ1n) is 6.94. The van der Waals surface area contributed by atoms with Crippen LogP contribution in [0.5, 0.6) is 5.75 Å². The largest absolute Gasteiger partial charge is 0.496 e. The predicted molar refractivity (Wildman–Crippen MR) is 93.0 cm³/mol. The molecule has 2 rings (SSSR count). The fourth-order valence-electron chi connectivity index (χ4n) is 1.75. The Morgan fingerprint density at radius 2 is 2.04 bits per heavy atom. The third-order valence-electron chi connectivity index (χ3n) is 2.93. The Kier molecular flexibility index (Phi) is 6.44. The molecule has 0 fully saturated rings. The van der Waals surface area contributed by atoms with E-state index < -0.39 is 5.91 Å². The van der Waals surface area contributed by atoms with Crippen molar-refractivity contribution in [2.45, 2.75) is 0 Å². The number of methoxy groups -OCH3 is 1. The second-order valence-electron chi connectivity index (χ2n) is 4.61. The van der Waals surface area contributed by atoms with Gasteiger partial charge in [0, 0.05) is 18.0 Å². The number of ether oxygens (including phenoxy) is 1. The van der Waals surface area contributed by atoms with Crippen LogP contribution in [-0.2, 0) is 4.79 Å². The lowest BCUT2D eigenvalue weighted by molar-refractivity contribution is -0.120. The van der Waals surface area contributed by atoms with Crippen molar-refractivity contribution in [3.05, 3.63) is 58.3 Å². The highest BCUT2D eigenvalue weighted by atomic mass is 79.9. The smallest absolute Gasteiger partial charge is 0.259 e. The molecule has 0 aliphatic heterocycles. The van der Waals surface area contributed by atoms with E-state index in [1.54, 1.807) is 37.4 Å². The standard InChI is InChI=1S/C16H15BrN4O3/c1-24-14-3-2-11(8-13(14)17)9-20-21-15(22)10-19-16(23)12-4-6-18-7-5-12/h2-9H,10H2,1H3,(H,19,23)(H,21,22). The van der Waals surface area contributed by atoms with Crippen molar-refractivity contribution in [2.24, 2.45) is 5.10 Å². The molecule has 0 aliphatic carbocycles. The van der Waals surface area contributed by atoms with E-state index in [9.17, 15) is 9.59 Å². The van der Waals surface area contributed by atoms with Gasteiger partial charge in [-0.15, -0.1) is 0 Å². The quantitative estimate of drug-likeness (QED) is 0.580. The van der Waals surface area contributed by atoms with Crippen LogP contribution in [0.1, 0.15) is 15.9 Å². The summed E-state index contributed by atoms with van der Waals surface area (Å²) in [6.07, 6.45) is 4.51. The molecule has 0 bridgehead atoms. The Bertz CT molecular complexity index is 750. The average Bonchev–Trinajstić information content (AvgIpc) is 2.60. The molecule has 2 N–H and O–H groups in total. The van der Waals surface area contributed by atoms with E-state index >= 15 is 0 Å². The lowest BCUT2D eigenvalue weighted by atomic mass is 10.2. The molecule has 1 aromatic carbocycles. The molecule has 1 heterocycles. The molecule has 0 spiro atoms. The Morgan fingerprint density at radius 1 is 1.29 bits per heavy atom. The van der Waals surface area contributed by atoms with Gasteiger partial charge >= 0.3 is 0 Å². The summed E-state index contributed by atoms with van der Waals surface area (Å²) in [5, 5.41) is 6.34. The average molecular weight is 391 g/mol. The maximum Gasteiger partial charge on any atom is 0.259 e. The first kappa shape index (κ1) is 17.6. The molecule has 0 unspecified atom stereocenters. The van der Waals surface area contributed by atoms with Gasteiger partial charge in [-0.2, -0.15) is 5.10 Å². The molecule has 2 amide bonds. The van der Waals surface area contributed by atoms with Gasteiger partial charge in [0.2, 0.25) is 0 Å². The van der Waals surface area contributed by atoms with Crippen LogP contribution in [0, 0.1) is 0 Å². The van der Waals surface area contributed by atoms with Crippen LogP contribution < -0.4 is 15.5 Å². The second kappa shape index (κ2) is 8.78. The van der Waals surface area contributed by atoms with E-state index in [0.29, 0.717) is 11.3 Å². The number of hydrazone groups is 1. The molecule has 1 aromatic heterocycles. The number of halogens is 1. The summed E-state index contributed by atoms with van der Waals surface area (Å²) in [6.45, 7) is -0.176. The van der Waals surface area contributed by atoms with Crippen molar-refractivity contribution in [1.29, 1.82) is 0 Å². The van der Waals surface area contributed by atoms with Crippen LogP contribution in [0.15, 0.2) is 52.3 Å². The number of carbonyl (C=O) groups is 2. The van der Waals surface area contributed by atoms with Crippen LogP contribution in [0.2, 0.25) is 0 Å². The van der Waals surface area contributed by atoms with Crippen molar-refractivity contribution in [1.82, 2.24) is 15.7 Å². The van der Waals surface area contributed by atoms with Gasteiger partial charge < -0.3 is 10.1 Å². The number of nitrogens with zero attached hydrogens (tertiary/aromatic N) is 2. The van der Waals surface area contributed by atoms with Crippen LogP contribution >= 0.6 is 15.9 Å². The minimum Gasteiger partial charge on any atom is -0.496 e. The van der Waals surface area contributed by atoms with E-state index in [1.807, 2.05) is 0 Å². The van der Waals surface area contributed by atoms with Crippen molar-refractivity contribution >= 4 is 34.0 Å². The first-order chi connectivity index (χ1) is 11.6. The SMILES string of the molecule is COc1ccc(C=NNC(=O)CNC(=O)c2ccncc2)cc1Br. The maximum atomic E-state index is 11.8. The number of rotatable bonds is 6. The highest BCUT2D eigenvalue weighted by Gasteiger charge is 2.06. The lowest BCUT2D eigenvalue weighted by Crippen LogP contribution is -2.34. The molecule has 0 saturated carbocycles. The number of pyridine rings is 1. The topological polar surface area (TPSA) is 92.7 Å². The summed E-state index contributed by atoms with van der Waals surface area (Å²) in [4.78, 5) is 27.2. The predicted octanol–water partition coefficient (Wildman–Crippen LogP) is 1.73. The number of amides is 2. The number of hydrogen-bond acceptors (Lipinski definition) is 5. The fraction of sp³-hybridized carbons (Fsp3) is 0.125. The number of hydrogen-bond donors (Lipinski definition) is 2. The van der Waals surface area contributed by atoms with Crippen LogP contribution in [0.3, 0.4) is 0 Å². The summed E-state index contributed by atoms with van der Waals surface area (Å²) in [5.74, 6) is -0.0770. The van der Waals surface area contributed by atoms with E-state index in [0.717, 1.165) is 10.0 Å². The highest BCUT2D eigenvalue weighted by molar-refractivity contribution is 9.10. The van der Waals surface area contributed by atoms with E-state index in [4.69, 9.17) is 4.74 Å². The van der Waals surface area contributed by atoms with Gasteiger partial charge in [0.05, 0.1) is 24.3 Å². The normalized spacial score (nSPS) is 10.4. The Labute approximate surface area is 147 Å². The van der Waals surface area contributed by atoms with Crippen molar-refractivity contribution in [3.8, 4) is 5.75 Å². The minimum absolute atomic E-state index is 0.176. The van der Waals surface area contributed by atoms with Crippen molar-refractivity contribution in [3.63, 3.8) is 0 Å². The Balaban J connectivity index is 1.80. The molecule has 2 aromatic rings. The zero-order valence-corrected chi connectivity index (χ0v) is 14.4. The van der Waals surface area contributed by atoms with Crippen LogP contribution in [0.25, 0.3) is 0 Å². The Morgan fingerprint density at radius 3 is 2.71 bits per heavy atom. The van der Waals surface area contributed by atoms with Gasteiger partial charge in [0.15, 0.2) is 0 Å². The third kappa shape index (κ3) is 5.17. The number of nitrogens with one attached hydrogen (secondary N) is 2. The zero-order chi connectivity index (χ0) is 17.4. The second-order valence-corrected chi connectivity index (χ2v) is 5.46. The molecule has 8 heteroatoms. The first-order valence-corrected chi connectivity index (χ1v) is 7.73. The Hall–Kier alpha value is -2.74. The number of aromatic nitrogens is 1. The van der Waals surface area contributed by atoms with Gasteiger partial charge in [0.1, 0.15) is 5.75 Å². The molecule has 0 aliphatic rings. The van der Waals surface area contributed by atoms with Crippen LogP contribution in [0.4, 0.5) is 0 Å². The number of benzene rings is 1. The minimum atomic E-state index is -0.429. The van der Waals surface area contributed by atoms with Gasteiger partial charge in [-0.1, -0.05) is 0 Å². The summed E-state index contributed by atoms with van der Waals surface area (Å²) < 4.78 is 5.91. The van der Waals surface area contributed by atoms with Gasteiger partial charge in [-0.05, 0) is 51.8 Å². The molecule has 24 heavy (non-hydrogen) atoms. The molecular formula is C16H15BrN4O3. The molecule has 0 radical (unpaired) electrons. The third-order valence-corrected chi connectivity index (χ3v) is 3.55. The van der Waals surface area contributed by atoms with Crippen molar-refractivity contribution < 1.29 is 14.3 Å². The zero-order valence-electron chi connectivity index (χ0n) is 12.8. The van der Waals surface area contributed by atoms with Gasteiger partial charge in [-0.25, -0.2) is 5.43 Å². The summed E-state index contributed by atoms with van der Waals surface area (Å²) >= 11 is 3.37.